The lowest BCUT2D eigenvalue weighted by molar-refractivity contribution is 0.272. The normalized spacial score (nSPS) is 10.3. The summed E-state index contributed by atoms with van der Waals surface area (Å²) < 4.78 is 10.2. The first-order chi connectivity index (χ1) is 6.38. The molecule has 0 aliphatic carbocycles. The molecule has 70 valence electrons. The molecule has 0 saturated heterocycles. The number of pyridine rings is 1. The number of hydrogen-bond acceptors (Lipinski definition) is 3. The van der Waals surface area contributed by atoms with Crippen LogP contribution in [0.3, 0.4) is 0 Å². The molecule has 3 nitrogen and oxygen atoms in total. The monoisotopic (exact) mass is 179 g/mol. The maximum absolute atomic E-state index is 5.11. The molecule has 0 spiro atoms. The number of aromatic nitrogens is 1. The Morgan fingerprint density at radius 2 is 2.38 bits per heavy atom. The third kappa shape index (κ3) is 2.78. The second kappa shape index (κ2) is 5.19. The van der Waals surface area contributed by atoms with Crippen molar-refractivity contribution in [3.8, 4) is 5.75 Å². The third-order valence-corrected chi connectivity index (χ3v) is 1.51. The summed E-state index contributed by atoms with van der Waals surface area (Å²) in [6.45, 7) is 2.59. The minimum absolute atomic E-state index is 0.658. The standard InChI is InChI=1S/C10H13NO2/c1-3-13-8-6-9-10(12-2)5-4-7-11-9/h4-8H,3H2,1-2H3. The first kappa shape index (κ1) is 9.58. The van der Waals surface area contributed by atoms with E-state index in [4.69, 9.17) is 9.47 Å². The van der Waals surface area contributed by atoms with Crippen molar-refractivity contribution in [1.29, 1.82) is 0 Å². The predicted molar refractivity (Wildman–Crippen MR) is 51.4 cm³/mol. The largest absolute Gasteiger partial charge is 0.501 e. The van der Waals surface area contributed by atoms with Crippen LogP contribution in [-0.2, 0) is 4.74 Å². The van der Waals surface area contributed by atoms with Gasteiger partial charge in [0, 0.05) is 12.3 Å². The Hall–Kier alpha value is -1.51. The van der Waals surface area contributed by atoms with Gasteiger partial charge in [-0.3, -0.25) is 4.98 Å². The van der Waals surface area contributed by atoms with Gasteiger partial charge in [0.2, 0.25) is 0 Å². The van der Waals surface area contributed by atoms with Gasteiger partial charge in [-0.05, 0) is 19.1 Å². The van der Waals surface area contributed by atoms with E-state index < -0.39 is 0 Å². The Morgan fingerprint density at radius 3 is 3.08 bits per heavy atom. The van der Waals surface area contributed by atoms with Gasteiger partial charge in [-0.1, -0.05) is 0 Å². The van der Waals surface area contributed by atoms with E-state index >= 15 is 0 Å². The molecule has 0 aromatic carbocycles. The minimum Gasteiger partial charge on any atom is -0.501 e. The maximum atomic E-state index is 5.11. The molecule has 0 N–H and O–H groups in total. The van der Waals surface area contributed by atoms with Crippen LogP contribution < -0.4 is 4.74 Å². The second-order valence-electron chi connectivity index (χ2n) is 2.35. The summed E-state index contributed by atoms with van der Waals surface area (Å²) in [6, 6.07) is 3.69. The van der Waals surface area contributed by atoms with Crippen LogP contribution in [0.5, 0.6) is 5.75 Å². The average Bonchev–Trinajstić information content (AvgIpc) is 2.19. The molecule has 3 heteroatoms. The van der Waals surface area contributed by atoms with Gasteiger partial charge in [0.05, 0.1) is 20.0 Å². The fourth-order valence-electron chi connectivity index (χ4n) is 0.909. The molecule has 0 aliphatic rings. The topological polar surface area (TPSA) is 31.4 Å². The van der Waals surface area contributed by atoms with E-state index in [0.29, 0.717) is 6.61 Å². The smallest absolute Gasteiger partial charge is 0.144 e. The number of methoxy groups -OCH3 is 1. The highest BCUT2D eigenvalue weighted by atomic mass is 16.5. The number of ether oxygens (including phenoxy) is 2. The summed E-state index contributed by atoms with van der Waals surface area (Å²) in [5.41, 5.74) is 0.776. The lowest BCUT2D eigenvalue weighted by Crippen LogP contribution is -1.89. The molecule has 13 heavy (non-hydrogen) atoms. The maximum Gasteiger partial charge on any atom is 0.144 e. The highest BCUT2D eigenvalue weighted by Gasteiger charge is 1.97. The van der Waals surface area contributed by atoms with Crippen LogP contribution in [0, 0.1) is 0 Å². The molecule has 0 amide bonds. The molecular weight excluding hydrogens is 166 g/mol. The van der Waals surface area contributed by atoms with E-state index in [2.05, 4.69) is 4.98 Å². The Morgan fingerprint density at radius 1 is 1.54 bits per heavy atom. The zero-order valence-corrected chi connectivity index (χ0v) is 7.86. The van der Waals surface area contributed by atoms with E-state index in [9.17, 15) is 0 Å². The Labute approximate surface area is 78.0 Å². The zero-order valence-electron chi connectivity index (χ0n) is 7.86. The van der Waals surface area contributed by atoms with Crippen molar-refractivity contribution in [3.63, 3.8) is 0 Å². The lowest BCUT2D eigenvalue weighted by Gasteiger charge is -2.01. The lowest BCUT2D eigenvalue weighted by atomic mass is 10.3. The zero-order chi connectivity index (χ0) is 9.52. The van der Waals surface area contributed by atoms with Gasteiger partial charge in [-0.15, -0.1) is 0 Å². The second-order valence-corrected chi connectivity index (χ2v) is 2.35. The molecule has 0 saturated carbocycles. The molecule has 0 radical (unpaired) electrons. The molecule has 1 heterocycles. The predicted octanol–water partition coefficient (Wildman–Crippen LogP) is 2.10. The van der Waals surface area contributed by atoms with Crippen molar-refractivity contribution < 1.29 is 9.47 Å². The van der Waals surface area contributed by atoms with Crippen LogP contribution in [-0.4, -0.2) is 18.7 Å². The van der Waals surface area contributed by atoms with E-state index in [1.54, 1.807) is 25.6 Å². The van der Waals surface area contributed by atoms with Crippen LogP contribution in [0.25, 0.3) is 6.08 Å². The summed E-state index contributed by atoms with van der Waals surface area (Å²) in [6.07, 6.45) is 5.11. The molecule has 0 aliphatic heterocycles. The van der Waals surface area contributed by atoms with E-state index in [1.807, 2.05) is 19.1 Å². The van der Waals surface area contributed by atoms with Crippen molar-refractivity contribution in [2.24, 2.45) is 0 Å². The summed E-state index contributed by atoms with van der Waals surface area (Å²) in [5, 5.41) is 0. The van der Waals surface area contributed by atoms with Gasteiger partial charge in [0.25, 0.3) is 0 Å². The quantitative estimate of drug-likeness (QED) is 0.663. The van der Waals surface area contributed by atoms with Crippen LogP contribution in [0.15, 0.2) is 24.6 Å². The first-order valence-corrected chi connectivity index (χ1v) is 4.15. The molecule has 0 unspecified atom stereocenters. The highest BCUT2D eigenvalue weighted by Crippen LogP contribution is 2.15. The Kier molecular flexibility index (Phi) is 3.82. The van der Waals surface area contributed by atoms with Gasteiger partial charge in [0.15, 0.2) is 0 Å². The molecular formula is C10H13NO2. The summed E-state index contributed by atoms with van der Waals surface area (Å²) >= 11 is 0. The van der Waals surface area contributed by atoms with E-state index in [0.717, 1.165) is 11.4 Å². The number of rotatable bonds is 4. The Bertz CT molecular complexity index is 284. The van der Waals surface area contributed by atoms with Crippen molar-refractivity contribution in [3.05, 3.63) is 30.3 Å². The fourth-order valence-corrected chi connectivity index (χ4v) is 0.909. The molecule has 0 atom stereocenters. The minimum atomic E-state index is 0.658. The van der Waals surface area contributed by atoms with Crippen LogP contribution in [0.1, 0.15) is 12.6 Å². The highest BCUT2D eigenvalue weighted by molar-refractivity contribution is 5.51. The number of nitrogens with zero attached hydrogens (tertiary/aromatic N) is 1. The molecule has 0 bridgehead atoms. The van der Waals surface area contributed by atoms with Gasteiger partial charge in [0.1, 0.15) is 11.4 Å². The molecule has 1 aromatic rings. The van der Waals surface area contributed by atoms with E-state index in [1.165, 1.54) is 0 Å². The SMILES string of the molecule is CCOC=Cc1ncccc1OC. The molecule has 0 fully saturated rings. The summed E-state index contributed by atoms with van der Waals surface area (Å²) in [5.74, 6) is 0.749. The van der Waals surface area contributed by atoms with Gasteiger partial charge in [-0.2, -0.15) is 0 Å². The summed E-state index contributed by atoms with van der Waals surface area (Å²) in [7, 11) is 1.62. The molecule has 1 rings (SSSR count). The van der Waals surface area contributed by atoms with Crippen molar-refractivity contribution in [2.45, 2.75) is 6.92 Å². The first-order valence-electron chi connectivity index (χ1n) is 4.15. The van der Waals surface area contributed by atoms with Crippen molar-refractivity contribution in [2.75, 3.05) is 13.7 Å². The van der Waals surface area contributed by atoms with Crippen molar-refractivity contribution >= 4 is 6.08 Å². The van der Waals surface area contributed by atoms with Crippen LogP contribution >= 0.6 is 0 Å². The Balaban J connectivity index is 2.74. The third-order valence-electron chi connectivity index (χ3n) is 1.51. The van der Waals surface area contributed by atoms with Crippen LogP contribution in [0.2, 0.25) is 0 Å². The molecule has 1 aromatic heterocycles. The number of hydrogen-bond donors (Lipinski definition) is 0. The van der Waals surface area contributed by atoms with Gasteiger partial charge < -0.3 is 9.47 Å². The van der Waals surface area contributed by atoms with Gasteiger partial charge in [-0.25, -0.2) is 0 Å². The summed E-state index contributed by atoms with van der Waals surface area (Å²) in [4.78, 5) is 4.13. The van der Waals surface area contributed by atoms with Crippen LogP contribution in [0.4, 0.5) is 0 Å². The fraction of sp³-hybridized carbons (Fsp3) is 0.300. The average molecular weight is 179 g/mol. The van der Waals surface area contributed by atoms with Gasteiger partial charge >= 0.3 is 0 Å². The van der Waals surface area contributed by atoms with Crippen molar-refractivity contribution in [1.82, 2.24) is 4.98 Å². The van der Waals surface area contributed by atoms with E-state index in [-0.39, 0.29) is 0 Å².